The van der Waals surface area contributed by atoms with Crippen LogP contribution in [0.5, 0.6) is 0 Å². The van der Waals surface area contributed by atoms with Crippen LogP contribution in [0.1, 0.15) is 65.7 Å². The highest BCUT2D eigenvalue weighted by molar-refractivity contribution is 4.76. The quantitative estimate of drug-likeness (QED) is 0.684. The van der Waals surface area contributed by atoms with Gasteiger partial charge in [-0.1, -0.05) is 39.5 Å². The zero-order valence-electron chi connectivity index (χ0n) is 10.2. The molecule has 0 aromatic rings. The number of nitrogens with one attached hydrogen (secondary N) is 1. The Kier molecular flexibility index (Phi) is 5.54. The Hall–Kier alpha value is -0.0400. The molecule has 0 aliphatic heterocycles. The fraction of sp³-hybridized carbons (Fsp3) is 1.00. The van der Waals surface area contributed by atoms with Crippen LogP contribution in [-0.4, -0.2) is 12.1 Å². The fourth-order valence-electron chi connectivity index (χ4n) is 2.41. The average Bonchev–Trinajstić information content (AvgIpc) is 2.56. The van der Waals surface area contributed by atoms with E-state index in [1.165, 1.54) is 44.9 Å². The van der Waals surface area contributed by atoms with Crippen molar-refractivity contribution in [3.63, 3.8) is 0 Å². The van der Waals surface area contributed by atoms with Crippen molar-refractivity contribution in [2.24, 2.45) is 5.92 Å². The molecule has 1 rings (SSSR count). The summed E-state index contributed by atoms with van der Waals surface area (Å²) in [5, 5.41) is 3.75. The largest absolute Gasteiger partial charge is 0.312 e. The third-order valence-corrected chi connectivity index (χ3v) is 3.29. The first-order chi connectivity index (χ1) is 6.68. The van der Waals surface area contributed by atoms with E-state index in [0.717, 1.165) is 18.0 Å². The van der Waals surface area contributed by atoms with Gasteiger partial charge in [-0.3, -0.25) is 0 Å². The number of rotatable bonds is 6. The molecule has 1 heteroatoms. The smallest absolute Gasteiger partial charge is 0.00695 e. The van der Waals surface area contributed by atoms with Crippen LogP contribution in [0, 0.1) is 5.92 Å². The molecule has 84 valence electrons. The Morgan fingerprint density at radius 2 is 1.71 bits per heavy atom. The van der Waals surface area contributed by atoms with Gasteiger partial charge in [0.2, 0.25) is 0 Å². The van der Waals surface area contributed by atoms with E-state index in [2.05, 4.69) is 26.1 Å². The van der Waals surface area contributed by atoms with Gasteiger partial charge in [0.15, 0.2) is 0 Å². The van der Waals surface area contributed by atoms with Crippen LogP contribution in [0.2, 0.25) is 0 Å². The number of hydrogen-bond donors (Lipinski definition) is 1. The Morgan fingerprint density at radius 1 is 1.07 bits per heavy atom. The fourth-order valence-corrected chi connectivity index (χ4v) is 2.41. The lowest BCUT2D eigenvalue weighted by molar-refractivity contribution is 0.407. The Balaban J connectivity index is 2.00. The van der Waals surface area contributed by atoms with Gasteiger partial charge in [-0.15, -0.1) is 0 Å². The first-order valence-corrected chi connectivity index (χ1v) is 6.44. The van der Waals surface area contributed by atoms with Crippen LogP contribution in [0.3, 0.4) is 0 Å². The first kappa shape index (κ1) is 12.0. The molecule has 1 aliphatic carbocycles. The van der Waals surface area contributed by atoms with E-state index in [1.54, 1.807) is 0 Å². The molecule has 14 heavy (non-hydrogen) atoms. The maximum atomic E-state index is 3.75. The van der Waals surface area contributed by atoms with Crippen molar-refractivity contribution in [3.8, 4) is 0 Å². The Bertz CT molecular complexity index is 136. The van der Waals surface area contributed by atoms with Crippen LogP contribution < -0.4 is 5.32 Å². The van der Waals surface area contributed by atoms with E-state index in [-0.39, 0.29) is 0 Å². The summed E-state index contributed by atoms with van der Waals surface area (Å²) in [6.45, 7) is 6.97. The average molecular weight is 197 g/mol. The molecule has 0 amide bonds. The van der Waals surface area contributed by atoms with E-state index in [1.807, 2.05) is 0 Å². The summed E-state index contributed by atoms with van der Waals surface area (Å²) in [6, 6.07) is 1.57. The Morgan fingerprint density at radius 3 is 2.29 bits per heavy atom. The van der Waals surface area contributed by atoms with E-state index in [9.17, 15) is 0 Å². The van der Waals surface area contributed by atoms with Crippen molar-refractivity contribution in [3.05, 3.63) is 0 Å². The SMILES string of the molecule is CC(C)CCC[C@@H](C)NC1CCCC1. The van der Waals surface area contributed by atoms with Gasteiger partial charge in [-0.25, -0.2) is 0 Å². The lowest BCUT2D eigenvalue weighted by atomic mass is 10.0. The maximum absolute atomic E-state index is 3.75. The minimum atomic E-state index is 0.733. The lowest BCUT2D eigenvalue weighted by Crippen LogP contribution is -2.34. The van der Waals surface area contributed by atoms with Crippen molar-refractivity contribution in [1.82, 2.24) is 5.32 Å². The highest BCUT2D eigenvalue weighted by atomic mass is 14.9. The van der Waals surface area contributed by atoms with Crippen molar-refractivity contribution >= 4 is 0 Å². The normalized spacial score (nSPS) is 20.6. The molecule has 0 saturated heterocycles. The third kappa shape index (κ3) is 4.99. The molecule has 0 aromatic carbocycles. The van der Waals surface area contributed by atoms with Crippen molar-refractivity contribution in [2.45, 2.75) is 77.8 Å². The molecule has 0 heterocycles. The second kappa shape index (κ2) is 6.44. The summed E-state index contributed by atoms with van der Waals surface area (Å²) in [4.78, 5) is 0. The summed E-state index contributed by atoms with van der Waals surface area (Å²) < 4.78 is 0. The summed E-state index contributed by atoms with van der Waals surface area (Å²) in [6.07, 6.45) is 9.83. The highest BCUT2D eigenvalue weighted by Gasteiger charge is 2.16. The van der Waals surface area contributed by atoms with Gasteiger partial charge in [-0.05, 0) is 32.1 Å². The minimum Gasteiger partial charge on any atom is -0.312 e. The standard InChI is InChI=1S/C13H27N/c1-11(2)7-6-8-12(3)14-13-9-4-5-10-13/h11-14H,4-10H2,1-3H3/t12-/m1/s1. The summed E-state index contributed by atoms with van der Waals surface area (Å²) in [5.74, 6) is 0.869. The molecule has 0 bridgehead atoms. The molecule has 1 nitrogen and oxygen atoms in total. The minimum absolute atomic E-state index is 0.733. The molecule has 1 N–H and O–H groups in total. The van der Waals surface area contributed by atoms with Gasteiger partial charge in [0.1, 0.15) is 0 Å². The molecule has 0 spiro atoms. The molecule has 1 saturated carbocycles. The van der Waals surface area contributed by atoms with E-state index < -0.39 is 0 Å². The van der Waals surface area contributed by atoms with Gasteiger partial charge < -0.3 is 5.32 Å². The van der Waals surface area contributed by atoms with Crippen LogP contribution in [-0.2, 0) is 0 Å². The van der Waals surface area contributed by atoms with Crippen molar-refractivity contribution < 1.29 is 0 Å². The topological polar surface area (TPSA) is 12.0 Å². The molecule has 0 radical (unpaired) electrons. The van der Waals surface area contributed by atoms with Crippen molar-refractivity contribution in [2.75, 3.05) is 0 Å². The number of hydrogen-bond acceptors (Lipinski definition) is 1. The summed E-state index contributed by atoms with van der Waals surface area (Å²) in [7, 11) is 0. The Labute approximate surface area is 89.7 Å². The molecule has 0 unspecified atom stereocenters. The van der Waals surface area contributed by atoms with Gasteiger partial charge in [0, 0.05) is 12.1 Å². The second-order valence-corrected chi connectivity index (χ2v) is 5.37. The van der Waals surface area contributed by atoms with E-state index in [4.69, 9.17) is 0 Å². The van der Waals surface area contributed by atoms with Gasteiger partial charge >= 0.3 is 0 Å². The molecular weight excluding hydrogens is 170 g/mol. The predicted molar refractivity (Wildman–Crippen MR) is 63.5 cm³/mol. The predicted octanol–water partition coefficient (Wildman–Crippen LogP) is 3.73. The van der Waals surface area contributed by atoms with Gasteiger partial charge in [-0.2, -0.15) is 0 Å². The zero-order chi connectivity index (χ0) is 10.4. The van der Waals surface area contributed by atoms with E-state index in [0.29, 0.717) is 0 Å². The molecule has 1 aliphatic rings. The van der Waals surface area contributed by atoms with Gasteiger partial charge in [0.25, 0.3) is 0 Å². The van der Waals surface area contributed by atoms with Crippen LogP contribution in [0.4, 0.5) is 0 Å². The first-order valence-electron chi connectivity index (χ1n) is 6.44. The molecule has 1 fully saturated rings. The van der Waals surface area contributed by atoms with Crippen LogP contribution in [0.25, 0.3) is 0 Å². The molecule has 1 atom stereocenters. The molecule has 0 aromatic heterocycles. The summed E-state index contributed by atoms with van der Waals surface area (Å²) >= 11 is 0. The second-order valence-electron chi connectivity index (χ2n) is 5.37. The van der Waals surface area contributed by atoms with E-state index >= 15 is 0 Å². The lowest BCUT2D eigenvalue weighted by Gasteiger charge is -2.19. The molecular formula is C13H27N. The van der Waals surface area contributed by atoms with Gasteiger partial charge in [0.05, 0.1) is 0 Å². The van der Waals surface area contributed by atoms with Crippen molar-refractivity contribution in [1.29, 1.82) is 0 Å². The van der Waals surface area contributed by atoms with Crippen LogP contribution >= 0.6 is 0 Å². The summed E-state index contributed by atoms with van der Waals surface area (Å²) in [5.41, 5.74) is 0. The highest BCUT2D eigenvalue weighted by Crippen LogP contribution is 2.19. The maximum Gasteiger partial charge on any atom is 0.00695 e. The van der Waals surface area contributed by atoms with Crippen LogP contribution in [0.15, 0.2) is 0 Å². The monoisotopic (exact) mass is 197 g/mol. The zero-order valence-corrected chi connectivity index (χ0v) is 10.2. The third-order valence-electron chi connectivity index (χ3n) is 3.29.